The van der Waals surface area contributed by atoms with Gasteiger partial charge in [0.05, 0.1) is 5.41 Å². The third-order valence-electron chi connectivity index (χ3n) is 5.64. The minimum absolute atomic E-state index is 0. The van der Waals surface area contributed by atoms with Crippen LogP contribution in [0.2, 0.25) is 0 Å². The van der Waals surface area contributed by atoms with Crippen molar-refractivity contribution >= 4 is 30.7 Å². The van der Waals surface area contributed by atoms with Crippen molar-refractivity contribution < 1.29 is 13.9 Å². The Hall–Kier alpha value is -1.08. The first kappa shape index (κ1) is 26.9. The molecule has 1 aromatic carbocycles. The van der Waals surface area contributed by atoms with Crippen LogP contribution in [-0.2, 0) is 4.79 Å². The summed E-state index contributed by atoms with van der Waals surface area (Å²) in [4.78, 5) is 14.9. The van der Waals surface area contributed by atoms with Gasteiger partial charge in [0.25, 0.3) is 0 Å². The zero-order valence-electron chi connectivity index (χ0n) is 16.8. The lowest BCUT2D eigenvalue weighted by Gasteiger charge is -2.35. The highest BCUT2D eigenvalue weighted by Crippen LogP contribution is 2.26. The lowest BCUT2D eigenvalue weighted by atomic mass is 9.81. The second kappa shape index (κ2) is 13.2. The third-order valence-corrected chi connectivity index (χ3v) is 5.64. The number of amides is 1. The fraction of sp³-hybridized carbons (Fsp3) is 0.650. The monoisotopic (exact) mass is 437 g/mol. The van der Waals surface area contributed by atoms with Crippen molar-refractivity contribution in [3.63, 3.8) is 0 Å². The largest absolute Gasteiger partial charge is 0.492 e. The molecule has 0 aromatic heterocycles. The molecule has 1 fully saturated rings. The summed E-state index contributed by atoms with van der Waals surface area (Å²) in [6.45, 7) is 7.72. The van der Waals surface area contributed by atoms with Crippen molar-refractivity contribution in [3.05, 3.63) is 30.1 Å². The normalized spacial score (nSPS) is 15.3. The fourth-order valence-corrected chi connectivity index (χ4v) is 3.42. The van der Waals surface area contributed by atoms with Crippen LogP contribution < -0.4 is 15.8 Å². The zero-order chi connectivity index (χ0) is 19.0. The molecule has 1 amide bonds. The van der Waals surface area contributed by atoms with Crippen LogP contribution in [0.5, 0.6) is 5.75 Å². The summed E-state index contributed by atoms with van der Waals surface area (Å²) >= 11 is 0. The molecule has 1 aliphatic rings. The molecule has 1 heterocycles. The number of likely N-dealkylation sites (tertiary alicyclic amines) is 1. The Morgan fingerprint density at radius 2 is 1.79 bits per heavy atom. The Balaban J connectivity index is 0.00000364. The number of rotatable bonds is 9. The SMILES string of the molecule is CCC(CC)(CN)C(=O)NC1CCN(CCOc2ccc(F)cc2)CC1.Cl.Cl. The van der Waals surface area contributed by atoms with E-state index >= 15 is 0 Å². The number of piperidine rings is 1. The average molecular weight is 438 g/mol. The van der Waals surface area contributed by atoms with Gasteiger partial charge < -0.3 is 15.8 Å². The Labute approximate surface area is 180 Å². The first-order chi connectivity index (χ1) is 12.5. The van der Waals surface area contributed by atoms with Crippen LogP contribution in [-0.4, -0.2) is 49.6 Å². The lowest BCUT2D eigenvalue weighted by molar-refractivity contribution is -0.132. The number of hydrogen-bond acceptors (Lipinski definition) is 4. The molecule has 8 heteroatoms. The molecule has 0 atom stereocenters. The number of nitrogens with two attached hydrogens (primary N) is 1. The van der Waals surface area contributed by atoms with Crippen molar-refractivity contribution in [1.29, 1.82) is 0 Å². The van der Waals surface area contributed by atoms with Crippen LogP contribution in [0.15, 0.2) is 24.3 Å². The van der Waals surface area contributed by atoms with Crippen molar-refractivity contribution in [2.75, 3.05) is 32.8 Å². The van der Waals surface area contributed by atoms with E-state index in [0.29, 0.717) is 18.9 Å². The van der Waals surface area contributed by atoms with E-state index < -0.39 is 5.41 Å². The van der Waals surface area contributed by atoms with Crippen LogP contribution in [0.4, 0.5) is 4.39 Å². The molecule has 0 aliphatic carbocycles. The molecule has 28 heavy (non-hydrogen) atoms. The van der Waals surface area contributed by atoms with E-state index in [0.717, 1.165) is 45.3 Å². The van der Waals surface area contributed by atoms with Crippen molar-refractivity contribution in [2.24, 2.45) is 11.1 Å². The summed E-state index contributed by atoms with van der Waals surface area (Å²) < 4.78 is 18.5. The van der Waals surface area contributed by atoms with Crippen LogP contribution in [0.25, 0.3) is 0 Å². The molecule has 5 nitrogen and oxygen atoms in total. The van der Waals surface area contributed by atoms with E-state index in [1.54, 1.807) is 12.1 Å². The summed E-state index contributed by atoms with van der Waals surface area (Å²) in [6.07, 6.45) is 3.42. The van der Waals surface area contributed by atoms with Gasteiger partial charge in [0.15, 0.2) is 0 Å². The Morgan fingerprint density at radius 3 is 2.29 bits per heavy atom. The lowest BCUT2D eigenvalue weighted by Crippen LogP contribution is -2.52. The highest BCUT2D eigenvalue weighted by atomic mass is 35.5. The van der Waals surface area contributed by atoms with E-state index in [4.69, 9.17) is 10.5 Å². The smallest absolute Gasteiger partial charge is 0.227 e. The average Bonchev–Trinajstić information content (AvgIpc) is 2.67. The number of nitrogens with zero attached hydrogens (tertiary/aromatic N) is 1. The van der Waals surface area contributed by atoms with Gasteiger partial charge >= 0.3 is 0 Å². The molecule has 162 valence electrons. The van der Waals surface area contributed by atoms with Crippen LogP contribution in [0.3, 0.4) is 0 Å². The van der Waals surface area contributed by atoms with E-state index in [1.807, 2.05) is 13.8 Å². The number of halogens is 3. The van der Waals surface area contributed by atoms with Crippen molar-refractivity contribution in [3.8, 4) is 5.75 Å². The fourth-order valence-electron chi connectivity index (χ4n) is 3.42. The summed E-state index contributed by atoms with van der Waals surface area (Å²) in [5.41, 5.74) is 5.43. The summed E-state index contributed by atoms with van der Waals surface area (Å²) in [5.74, 6) is 0.528. The predicted molar refractivity (Wildman–Crippen MR) is 116 cm³/mol. The van der Waals surface area contributed by atoms with Gasteiger partial charge in [0, 0.05) is 32.2 Å². The van der Waals surface area contributed by atoms with Gasteiger partial charge in [-0.05, 0) is 49.9 Å². The molecule has 0 bridgehead atoms. The first-order valence-corrected chi connectivity index (χ1v) is 9.64. The van der Waals surface area contributed by atoms with Gasteiger partial charge in [0.2, 0.25) is 5.91 Å². The predicted octanol–water partition coefficient (Wildman–Crippen LogP) is 3.39. The zero-order valence-corrected chi connectivity index (χ0v) is 18.4. The van der Waals surface area contributed by atoms with Gasteiger partial charge in [-0.15, -0.1) is 24.8 Å². The minimum Gasteiger partial charge on any atom is -0.492 e. The molecule has 0 radical (unpaired) electrons. The second-order valence-electron chi connectivity index (χ2n) is 7.08. The minimum atomic E-state index is -0.430. The molecule has 0 saturated carbocycles. The molecule has 0 unspecified atom stereocenters. The Kier molecular flexibility index (Phi) is 12.7. The molecular formula is C20H34Cl2FN3O2. The molecule has 1 aliphatic heterocycles. The number of carbonyl (C=O) groups is 1. The maximum Gasteiger partial charge on any atom is 0.227 e. The van der Waals surface area contributed by atoms with Gasteiger partial charge in [0.1, 0.15) is 18.2 Å². The molecule has 0 spiro atoms. The molecule has 1 aromatic rings. The van der Waals surface area contributed by atoms with Gasteiger partial charge in [-0.3, -0.25) is 9.69 Å². The van der Waals surface area contributed by atoms with Crippen LogP contribution >= 0.6 is 24.8 Å². The number of hydrogen-bond donors (Lipinski definition) is 2. The topological polar surface area (TPSA) is 67.6 Å². The highest BCUT2D eigenvalue weighted by Gasteiger charge is 2.35. The second-order valence-corrected chi connectivity index (χ2v) is 7.08. The Morgan fingerprint density at radius 1 is 1.21 bits per heavy atom. The van der Waals surface area contributed by atoms with E-state index in [1.165, 1.54) is 12.1 Å². The van der Waals surface area contributed by atoms with Gasteiger partial charge in [-0.1, -0.05) is 13.8 Å². The number of nitrogens with one attached hydrogen (secondary N) is 1. The Bertz CT molecular complexity index is 555. The van der Waals surface area contributed by atoms with Gasteiger partial charge in [-0.25, -0.2) is 4.39 Å². The third kappa shape index (κ3) is 7.39. The number of carbonyl (C=O) groups excluding carboxylic acids is 1. The van der Waals surface area contributed by atoms with Crippen molar-refractivity contribution in [2.45, 2.75) is 45.6 Å². The number of ether oxygens (including phenoxy) is 1. The molecule has 2 rings (SSSR count). The van der Waals surface area contributed by atoms with Crippen molar-refractivity contribution in [1.82, 2.24) is 10.2 Å². The first-order valence-electron chi connectivity index (χ1n) is 9.64. The van der Waals surface area contributed by atoms with E-state index in [-0.39, 0.29) is 42.6 Å². The van der Waals surface area contributed by atoms with Gasteiger partial charge in [-0.2, -0.15) is 0 Å². The summed E-state index contributed by atoms with van der Waals surface area (Å²) in [6, 6.07) is 6.31. The maximum absolute atomic E-state index is 12.9. The molecular weight excluding hydrogens is 404 g/mol. The van der Waals surface area contributed by atoms with Crippen LogP contribution in [0, 0.1) is 11.2 Å². The van der Waals surface area contributed by atoms with E-state index in [2.05, 4.69) is 10.2 Å². The van der Waals surface area contributed by atoms with E-state index in [9.17, 15) is 9.18 Å². The summed E-state index contributed by atoms with van der Waals surface area (Å²) in [5, 5.41) is 3.21. The standard InChI is InChI=1S/C20H32FN3O2.2ClH/c1-3-20(4-2,15-22)19(25)23-17-9-11-24(12-10-17)13-14-26-18-7-5-16(21)6-8-18;;/h5-8,17H,3-4,9-15,22H2,1-2H3,(H,23,25);2*1H. The quantitative estimate of drug-likeness (QED) is 0.620. The molecule has 1 saturated heterocycles. The highest BCUT2D eigenvalue weighted by molar-refractivity contribution is 5.85. The molecule has 3 N–H and O–H groups in total. The number of benzene rings is 1. The van der Waals surface area contributed by atoms with Crippen LogP contribution in [0.1, 0.15) is 39.5 Å². The maximum atomic E-state index is 12.9. The summed E-state index contributed by atoms with van der Waals surface area (Å²) in [7, 11) is 0.